The van der Waals surface area contributed by atoms with Crippen molar-refractivity contribution in [2.75, 3.05) is 0 Å². The van der Waals surface area contributed by atoms with Crippen LogP contribution in [0.4, 0.5) is 0 Å². The Morgan fingerprint density at radius 1 is 1.09 bits per heavy atom. The predicted octanol–water partition coefficient (Wildman–Crippen LogP) is 6.29. The Bertz CT molecular complexity index is 1120. The smallest absolute Gasteiger partial charge is 0.220 e. The van der Waals surface area contributed by atoms with Crippen LogP contribution in [0.25, 0.3) is 22.3 Å². The van der Waals surface area contributed by atoms with Gasteiger partial charge in [0.1, 0.15) is 0 Å². The van der Waals surface area contributed by atoms with Gasteiger partial charge in [0.05, 0.1) is 11.4 Å². The van der Waals surface area contributed by atoms with Crippen LogP contribution < -0.4 is 5.32 Å². The van der Waals surface area contributed by atoms with Crippen molar-refractivity contribution in [3.8, 4) is 11.4 Å². The number of H-pyrrole nitrogens is 1. The third kappa shape index (κ3) is 3.73. The number of amides is 1. The molecule has 1 amide bonds. The molecule has 7 rings (SSSR count). The van der Waals surface area contributed by atoms with E-state index in [0.29, 0.717) is 6.42 Å². The fourth-order valence-electron chi connectivity index (χ4n) is 7.26. The first-order valence-corrected chi connectivity index (χ1v) is 12.5. The molecule has 0 aliphatic heterocycles. The number of nitrogens with zero attached hydrogens (tertiary/aromatic N) is 1. The Morgan fingerprint density at radius 3 is 2.53 bits per heavy atom. The number of pyridine rings is 1. The van der Waals surface area contributed by atoms with Crippen molar-refractivity contribution in [1.82, 2.24) is 15.3 Å². The van der Waals surface area contributed by atoms with Crippen molar-refractivity contribution in [2.24, 2.45) is 17.8 Å². The lowest BCUT2D eigenvalue weighted by Gasteiger charge is -2.56. The molecule has 4 fully saturated rings. The molecule has 0 atom stereocenters. The average Bonchev–Trinajstić information content (AvgIpc) is 3.11. The molecule has 2 N–H and O–H groups in total. The minimum Gasteiger partial charge on any atom is -0.353 e. The molecule has 1 aromatic carbocycles. The highest BCUT2D eigenvalue weighted by molar-refractivity contribution is 6.31. The first-order valence-electron chi connectivity index (χ1n) is 12.1. The number of halogens is 1. The lowest BCUT2D eigenvalue weighted by atomic mass is 9.53. The maximum absolute atomic E-state index is 13.0. The summed E-state index contributed by atoms with van der Waals surface area (Å²) < 4.78 is 0. The Kier molecular flexibility index (Phi) is 5.02. The van der Waals surface area contributed by atoms with E-state index in [1.165, 1.54) is 44.1 Å². The summed E-state index contributed by atoms with van der Waals surface area (Å²) in [6.07, 6.45) is 11.8. The highest BCUT2D eigenvalue weighted by atomic mass is 35.5. The Labute approximate surface area is 194 Å². The van der Waals surface area contributed by atoms with Gasteiger partial charge in [0, 0.05) is 34.1 Å². The number of aromatic amines is 1. The second-order valence-electron chi connectivity index (χ2n) is 10.5. The number of fused-ring (bicyclic) bond motifs is 1. The summed E-state index contributed by atoms with van der Waals surface area (Å²) >= 11 is 6.31. The average molecular weight is 448 g/mol. The van der Waals surface area contributed by atoms with Crippen molar-refractivity contribution >= 4 is 28.4 Å². The van der Waals surface area contributed by atoms with E-state index >= 15 is 0 Å². The normalized spacial score (nSPS) is 28.3. The summed E-state index contributed by atoms with van der Waals surface area (Å²) in [7, 11) is 0. The number of carbonyl (C=O) groups excluding carboxylic acids is 1. The van der Waals surface area contributed by atoms with Gasteiger partial charge in [-0.1, -0.05) is 17.7 Å². The van der Waals surface area contributed by atoms with E-state index in [0.717, 1.165) is 57.9 Å². The maximum atomic E-state index is 13.0. The molecule has 2 aromatic heterocycles. The van der Waals surface area contributed by atoms with Crippen molar-refractivity contribution in [2.45, 2.75) is 63.3 Å². The second-order valence-corrected chi connectivity index (χ2v) is 10.9. The van der Waals surface area contributed by atoms with Crippen molar-refractivity contribution in [1.29, 1.82) is 0 Å². The Hall–Kier alpha value is -2.33. The largest absolute Gasteiger partial charge is 0.353 e. The SMILES string of the molecule is O=C(CCCc1c(-c2ccccn2)[nH]c2ccc(Cl)cc12)NC12CC3CC(CC(C3)C1)C2. The number of carbonyl (C=O) groups is 1. The van der Waals surface area contributed by atoms with Crippen LogP contribution in [0, 0.1) is 17.8 Å². The quantitative estimate of drug-likeness (QED) is 0.466. The van der Waals surface area contributed by atoms with Gasteiger partial charge in [-0.25, -0.2) is 0 Å². The molecule has 166 valence electrons. The minimum atomic E-state index is 0.0965. The van der Waals surface area contributed by atoms with E-state index in [-0.39, 0.29) is 11.4 Å². The maximum Gasteiger partial charge on any atom is 0.220 e. The number of rotatable bonds is 6. The number of nitrogens with one attached hydrogen (secondary N) is 2. The molecule has 0 radical (unpaired) electrons. The van der Waals surface area contributed by atoms with Gasteiger partial charge in [0.2, 0.25) is 5.91 Å². The Morgan fingerprint density at radius 2 is 1.84 bits per heavy atom. The molecule has 32 heavy (non-hydrogen) atoms. The van der Waals surface area contributed by atoms with Gasteiger partial charge in [0.15, 0.2) is 0 Å². The van der Waals surface area contributed by atoms with Gasteiger partial charge in [-0.3, -0.25) is 9.78 Å². The zero-order valence-electron chi connectivity index (χ0n) is 18.4. The van der Waals surface area contributed by atoms with E-state index < -0.39 is 0 Å². The summed E-state index contributed by atoms with van der Waals surface area (Å²) in [6, 6.07) is 11.9. The fraction of sp³-hybridized carbons (Fsp3) is 0.481. The molecular weight excluding hydrogens is 418 g/mol. The molecule has 5 heteroatoms. The molecule has 2 heterocycles. The monoisotopic (exact) mass is 447 g/mol. The topological polar surface area (TPSA) is 57.8 Å². The summed E-state index contributed by atoms with van der Waals surface area (Å²) in [5.41, 5.74) is 4.31. The van der Waals surface area contributed by atoms with Crippen LogP contribution in [0.15, 0.2) is 42.6 Å². The molecule has 4 bridgehead atoms. The van der Waals surface area contributed by atoms with Crippen LogP contribution in [0.5, 0.6) is 0 Å². The second kappa shape index (κ2) is 7.91. The van der Waals surface area contributed by atoms with Gasteiger partial charge in [-0.15, -0.1) is 0 Å². The number of hydrogen-bond acceptors (Lipinski definition) is 2. The van der Waals surface area contributed by atoms with Crippen molar-refractivity contribution < 1.29 is 4.79 Å². The van der Waals surface area contributed by atoms with Gasteiger partial charge in [-0.05, 0) is 105 Å². The third-order valence-corrected chi connectivity index (χ3v) is 8.30. The molecule has 0 unspecified atom stereocenters. The number of aryl methyl sites for hydroxylation is 1. The zero-order chi connectivity index (χ0) is 21.7. The van der Waals surface area contributed by atoms with E-state index in [9.17, 15) is 4.79 Å². The zero-order valence-corrected chi connectivity index (χ0v) is 19.1. The molecule has 4 aliphatic carbocycles. The molecular formula is C27H30ClN3O. The Balaban J connectivity index is 1.17. The van der Waals surface area contributed by atoms with Crippen molar-refractivity contribution in [3.63, 3.8) is 0 Å². The van der Waals surface area contributed by atoms with Crippen LogP contribution in [0.1, 0.15) is 56.9 Å². The summed E-state index contributed by atoms with van der Waals surface area (Å²) in [5.74, 6) is 2.76. The fourth-order valence-corrected chi connectivity index (χ4v) is 7.43. The lowest BCUT2D eigenvalue weighted by molar-refractivity contribution is -0.126. The highest BCUT2D eigenvalue weighted by Crippen LogP contribution is 2.55. The van der Waals surface area contributed by atoms with E-state index in [1.807, 2.05) is 42.6 Å². The van der Waals surface area contributed by atoms with E-state index in [1.54, 1.807) is 0 Å². The minimum absolute atomic E-state index is 0.0965. The van der Waals surface area contributed by atoms with Crippen molar-refractivity contribution in [3.05, 3.63) is 53.2 Å². The number of aromatic nitrogens is 2. The van der Waals surface area contributed by atoms with Crippen LogP contribution in [-0.4, -0.2) is 21.4 Å². The van der Waals surface area contributed by atoms with Gasteiger partial charge in [0.25, 0.3) is 0 Å². The highest BCUT2D eigenvalue weighted by Gasteiger charge is 2.51. The molecule has 3 aromatic rings. The van der Waals surface area contributed by atoms with Crippen LogP contribution in [0.3, 0.4) is 0 Å². The van der Waals surface area contributed by atoms with Gasteiger partial charge < -0.3 is 10.3 Å². The lowest BCUT2D eigenvalue weighted by Crippen LogP contribution is -2.59. The van der Waals surface area contributed by atoms with Gasteiger partial charge in [-0.2, -0.15) is 0 Å². The molecule has 0 saturated heterocycles. The van der Waals surface area contributed by atoms with E-state index in [2.05, 4.69) is 15.3 Å². The van der Waals surface area contributed by atoms with Crippen LogP contribution in [-0.2, 0) is 11.2 Å². The molecule has 4 saturated carbocycles. The molecule has 0 spiro atoms. The standard InChI is InChI=1S/C27H30ClN3O/c28-20-7-8-23-22(13-20)21(26(30-23)24-5-1-2-9-29-24)4-3-6-25(32)31-27-14-17-10-18(15-27)12-19(11-17)16-27/h1-2,5,7-9,13,17-19,30H,3-4,6,10-12,14-16H2,(H,31,32). The van der Waals surface area contributed by atoms with Crippen LogP contribution >= 0.6 is 11.6 Å². The first-order chi connectivity index (χ1) is 15.6. The van der Waals surface area contributed by atoms with Crippen LogP contribution in [0.2, 0.25) is 5.02 Å². The van der Waals surface area contributed by atoms with E-state index in [4.69, 9.17) is 11.6 Å². The van der Waals surface area contributed by atoms with Gasteiger partial charge >= 0.3 is 0 Å². The molecule has 4 aliphatic rings. The third-order valence-electron chi connectivity index (χ3n) is 8.06. The predicted molar refractivity (Wildman–Crippen MR) is 129 cm³/mol. The first kappa shape index (κ1) is 20.3. The summed E-state index contributed by atoms with van der Waals surface area (Å²) in [5, 5.41) is 5.37. The summed E-state index contributed by atoms with van der Waals surface area (Å²) in [6.45, 7) is 0. The number of hydrogen-bond donors (Lipinski definition) is 2. The summed E-state index contributed by atoms with van der Waals surface area (Å²) in [4.78, 5) is 21.1. The molecule has 4 nitrogen and oxygen atoms in total. The number of benzene rings is 1.